The maximum absolute atomic E-state index is 12.9. The molecule has 0 fully saturated rings. The van der Waals surface area contributed by atoms with Crippen LogP contribution in [0.4, 0.5) is 18.9 Å². The summed E-state index contributed by atoms with van der Waals surface area (Å²) in [6, 6.07) is 1.31. The highest BCUT2D eigenvalue weighted by Crippen LogP contribution is 2.17. The summed E-state index contributed by atoms with van der Waals surface area (Å²) < 4.78 is 43.6. The summed E-state index contributed by atoms with van der Waals surface area (Å²) in [5.41, 5.74) is -0.878. The van der Waals surface area contributed by atoms with E-state index < -0.39 is 34.9 Å². The Morgan fingerprint density at radius 1 is 1.10 bits per heavy atom. The Hall–Kier alpha value is -2.05. The molecule has 1 aromatic carbocycles. The fourth-order valence-electron chi connectivity index (χ4n) is 1.46. The van der Waals surface area contributed by atoms with Crippen molar-refractivity contribution in [1.29, 1.82) is 0 Å². The molecule has 0 unspecified atom stereocenters. The van der Waals surface area contributed by atoms with Crippen molar-refractivity contribution in [2.75, 3.05) is 5.32 Å². The van der Waals surface area contributed by atoms with Crippen LogP contribution in [0.5, 0.6) is 0 Å². The Balaban J connectivity index is 2.53. The summed E-state index contributed by atoms with van der Waals surface area (Å²) in [6.07, 6.45) is -0.384. The van der Waals surface area contributed by atoms with Gasteiger partial charge in [0.25, 0.3) is 0 Å². The molecule has 0 aliphatic rings. The number of hydrogen-bond acceptors (Lipinski definition) is 3. The molecule has 7 heteroatoms. The number of nitrogens with one attached hydrogen (secondary N) is 1. The van der Waals surface area contributed by atoms with Crippen molar-refractivity contribution in [3.63, 3.8) is 0 Å². The third-order valence-electron chi connectivity index (χ3n) is 2.24. The molecular formula is C14H16F3NO3. The first kappa shape index (κ1) is 17.0. The monoisotopic (exact) mass is 303 g/mol. The second kappa shape index (κ2) is 6.60. The molecule has 116 valence electrons. The Morgan fingerprint density at radius 3 is 2.10 bits per heavy atom. The number of rotatable bonds is 4. The van der Waals surface area contributed by atoms with E-state index >= 15 is 0 Å². The minimum Gasteiger partial charge on any atom is -0.460 e. The lowest BCUT2D eigenvalue weighted by molar-refractivity contribution is -0.155. The third kappa shape index (κ3) is 5.85. The second-order valence-corrected chi connectivity index (χ2v) is 5.39. The number of ether oxygens (including phenoxy) is 1. The fraction of sp³-hybridized carbons (Fsp3) is 0.429. The third-order valence-corrected chi connectivity index (χ3v) is 2.24. The molecule has 4 nitrogen and oxygen atoms in total. The smallest absolute Gasteiger partial charge is 0.306 e. The summed E-state index contributed by atoms with van der Waals surface area (Å²) >= 11 is 0. The number of benzene rings is 1. The summed E-state index contributed by atoms with van der Waals surface area (Å²) in [6.45, 7) is 5.07. The lowest BCUT2D eigenvalue weighted by Crippen LogP contribution is -2.24. The maximum atomic E-state index is 12.9. The van der Waals surface area contributed by atoms with Crippen LogP contribution in [0.2, 0.25) is 0 Å². The zero-order valence-electron chi connectivity index (χ0n) is 11.9. The van der Waals surface area contributed by atoms with Gasteiger partial charge >= 0.3 is 5.97 Å². The second-order valence-electron chi connectivity index (χ2n) is 5.39. The number of anilines is 1. The average molecular weight is 303 g/mol. The summed E-state index contributed by atoms with van der Waals surface area (Å²) in [5.74, 6) is -5.61. The first-order valence-corrected chi connectivity index (χ1v) is 6.25. The van der Waals surface area contributed by atoms with E-state index in [-0.39, 0.29) is 18.5 Å². The van der Waals surface area contributed by atoms with Gasteiger partial charge in [-0.15, -0.1) is 0 Å². The van der Waals surface area contributed by atoms with Gasteiger partial charge in [-0.1, -0.05) is 0 Å². The van der Waals surface area contributed by atoms with Crippen LogP contribution in [0.3, 0.4) is 0 Å². The van der Waals surface area contributed by atoms with Crippen LogP contribution >= 0.6 is 0 Å². The lowest BCUT2D eigenvalue weighted by Gasteiger charge is -2.19. The van der Waals surface area contributed by atoms with Crippen molar-refractivity contribution in [3.05, 3.63) is 29.6 Å². The van der Waals surface area contributed by atoms with E-state index in [9.17, 15) is 22.8 Å². The Labute approximate surface area is 120 Å². The topological polar surface area (TPSA) is 55.4 Å². The van der Waals surface area contributed by atoms with E-state index in [0.717, 1.165) is 0 Å². The van der Waals surface area contributed by atoms with Crippen LogP contribution in [-0.4, -0.2) is 17.5 Å². The van der Waals surface area contributed by atoms with Gasteiger partial charge in [-0.3, -0.25) is 9.59 Å². The number of halogens is 3. The Kier molecular flexibility index (Phi) is 5.34. The molecule has 0 heterocycles. The normalized spacial score (nSPS) is 11.1. The highest BCUT2D eigenvalue weighted by Gasteiger charge is 2.17. The van der Waals surface area contributed by atoms with Gasteiger partial charge < -0.3 is 10.1 Å². The van der Waals surface area contributed by atoms with Crippen molar-refractivity contribution >= 4 is 17.6 Å². The Bertz CT molecular complexity index is 530. The van der Waals surface area contributed by atoms with Gasteiger partial charge in [-0.25, -0.2) is 13.2 Å². The van der Waals surface area contributed by atoms with Gasteiger partial charge in [0, 0.05) is 24.2 Å². The molecule has 0 spiro atoms. The van der Waals surface area contributed by atoms with Crippen LogP contribution in [0.1, 0.15) is 33.6 Å². The molecule has 21 heavy (non-hydrogen) atoms. The maximum Gasteiger partial charge on any atom is 0.306 e. The van der Waals surface area contributed by atoms with Crippen LogP contribution in [-0.2, 0) is 14.3 Å². The van der Waals surface area contributed by atoms with Crippen LogP contribution in [0.25, 0.3) is 0 Å². The zero-order chi connectivity index (χ0) is 16.2. The molecule has 0 saturated heterocycles. The van der Waals surface area contributed by atoms with Gasteiger partial charge in [0.15, 0.2) is 17.5 Å². The number of esters is 1. The molecule has 0 atom stereocenters. The zero-order valence-corrected chi connectivity index (χ0v) is 11.9. The van der Waals surface area contributed by atoms with Crippen LogP contribution in [0, 0.1) is 17.5 Å². The Morgan fingerprint density at radius 2 is 1.62 bits per heavy atom. The van der Waals surface area contributed by atoms with Gasteiger partial charge in [0.05, 0.1) is 6.42 Å². The standard InChI is InChI=1S/C14H16F3NO3/c1-14(2,3)21-12(20)5-4-11(19)18-8-6-9(15)13(17)10(16)7-8/h6-7H,4-5H2,1-3H3,(H,18,19). The van der Waals surface area contributed by atoms with Crippen LogP contribution in [0.15, 0.2) is 12.1 Å². The SMILES string of the molecule is CC(C)(C)OC(=O)CCC(=O)Nc1cc(F)c(F)c(F)c1. The van der Waals surface area contributed by atoms with E-state index in [0.29, 0.717) is 12.1 Å². The lowest BCUT2D eigenvalue weighted by atomic mass is 10.2. The van der Waals surface area contributed by atoms with Crippen LogP contribution < -0.4 is 5.32 Å². The van der Waals surface area contributed by atoms with Gasteiger partial charge in [0.1, 0.15) is 5.60 Å². The molecule has 0 aromatic heterocycles. The highest BCUT2D eigenvalue weighted by molar-refractivity contribution is 5.92. The predicted molar refractivity (Wildman–Crippen MR) is 70.0 cm³/mol. The molecule has 1 aromatic rings. The van der Waals surface area contributed by atoms with Gasteiger partial charge in [0.2, 0.25) is 5.91 Å². The molecule has 0 aliphatic heterocycles. The molecule has 0 bridgehead atoms. The van der Waals surface area contributed by atoms with E-state index in [2.05, 4.69) is 5.32 Å². The predicted octanol–water partition coefficient (Wildman–Crippen LogP) is 3.16. The summed E-state index contributed by atoms with van der Waals surface area (Å²) in [4.78, 5) is 22.9. The minimum atomic E-state index is -1.61. The van der Waals surface area contributed by atoms with Crippen molar-refractivity contribution < 1.29 is 27.5 Å². The molecule has 0 radical (unpaired) electrons. The quantitative estimate of drug-likeness (QED) is 0.686. The number of amides is 1. The molecule has 1 amide bonds. The number of hydrogen-bond donors (Lipinski definition) is 1. The van der Waals surface area contributed by atoms with E-state index in [1.807, 2.05) is 0 Å². The van der Waals surface area contributed by atoms with Crippen molar-refractivity contribution in [1.82, 2.24) is 0 Å². The summed E-state index contributed by atoms with van der Waals surface area (Å²) in [5, 5.41) is 2.18. The first-order valence-electron chi connectivity index (χ1n) is 6.25. The molecule has 1 N–H and O–H groups in total. The fourth-order valence-corrected chi connectivity index (χ4v) is 1.46. The largest absolute Gasteiger partial charge is 0.460 e. The van der Waals surface area contributed by atoms with Gasteiger partial charge in [-0.05, 0) is 20.8 Å². The number of carbonyl (C=O) groups is 2. The van der Waals surface area contributed by atoms with E-state index in [4.69, 9.17) is 4.74 Å². The van der Waals surface area contributed by atoms with Crippen molar-refractivity contribution in [3.8, 4) is 0 Å². The van der Waals surface area contributed by atoms with E-state index in [1.165, 1.54) is 0 Å². The summed E-state index contributed by atoms with van der Waals surface area (Å²) in [7, 11) is 0. The molecular weight excluding hydrogens is 287 g/mol. The van der Waals surface area contributed by atoms with Crippen molar-refractivity contribution in [2.45, 2.75) is 39.2 Å². The highest BCUT2D eigenvalue weighted by atomic mass is 19.2. The molecule has 0 saturated carbocycles. The molecule has 1 rings (SSSR count). The number of carbonyl (C=O) groups excluding carboxylic acids is 2. The van der Waals surface area contributed by atoms with Gasteiger partial charge in [-0.2, -0.15) is 0 Å². The average Bonchev–Trinajstić information content (AvgIpc) is 2.31. The molecule has 0 aliphatic carbocycles. The first-order chi connectivity index (χ1) is 9.58. The minimum absolute atomic E-state index is 0.171. The van der Waals surface area contributed by atoms with Crippen molar-refractivity contribution in [2.24, 2.45) is 0 Å². The van der Waals surface area contributed by atoms with E-state index in [1.54, 1.807) is 20.8 Å².